The lowest BCUT2D eigenvalue weighted by molar-refractivity contribution is -0.162. The van der Waals surface area contributed by atoms with Crippen LogP contribution in [0.25, 0.3) is 0 Å². The fraction of sp³-hybridized carbons (Fsp3) is 0.882. The molecule has 1 fully saturated rings. The predicted molar refractivity (Wildman–Crippen MR) is 81.3 cm³/mol. The summed E-state index contributed by atoms with van der Waals surface area (Å²) in [5.41, 5.74) is 0. The van der Waals surface area contributed by atoms with Crippen LogP contribution in [0.1, 0.15) is 77.6 Å². The average Bonchev–Trinajstić information content (AvgIpc) is 2.46. The van der Waals surface area contributed by atoms with E-state index in [1.807, 2.05) is 0 Å². The zero-order chi connectivity index (χ0) is 13.6. The van der Waals surface area contributed by atoms with Crippen LogP contribution in [0, 0.1) is 0 Å². The summed E-state index contributed by atoms with van der Waals surface area (Å²) in [5, 5.41) is 0. The van der Waals surface area contributed by atoms with Crippen LogP contribution in [0.5, 0.6) is 0 Å². The Labute approximate surface area is 119 Å². The van der Waals surface area contributed by atoms with E-state index in [4.69, 9.17) is 9.47 Å². The molecule has 1 atom stereocenters. The van der Waals surface area contributed by atoms with Crippen LogP contribution < -0.4 is 0 Å². The largest absolute Gasteiger partial charge is 0.353 e. The molecular formula is C17H32O2. The molecule has 1 aliphatic rings. The van der Waals surface area contributed by atoms with Gasteiger partial charge in [0.25, 0.3) is 0 Å². The second kappa shape index (κ2) is 12.7. The summed E-state index contributed by atoms with van der Waals surface area (Å²) < 4.78 is 11.3. The number of rotatable bonds is 11. The van der Waals surface area contributed by atoms with Gasteiger partial charge in [-0.25, -0.2) is 0 Å². The van der Waals surface area contributed by atoms with Gasteiger partial charge in [-0.1, -0.05) is 44.8 Å². The third-order valence-corrected chi connectivity index (χ3v) is 3.58. The van der Waals surface area contributed by atoms with Crippen molar-refractivity contribution < 1.29 is 9.47 Å². The Morgan fingerprint density at radius 3 is 2.58 bits per heavy atom. The van der Waals surface area contributed by atoms with Gasteiger partial charge in [0.1, 0.15) is 0 Å². The molecule has 0 N–H and O–H groups in total. The molecule has 1 saturated heterocycles. The first kappa shape index (κ1) is 16.7. The van der Waals surface area contributed by atoms with Gasteiger partial charge in [-0.3, -0.25) is 0 Å². The second-order valence-corrected chi connectivity index (χ2v) is 5.48. The van der Waals surface area contributed by atoms with E-state index in [2.05, 4.69) is 19.1 Å². The number of hydrogen-bond acceptors (Lipinski definition) is 2. The highest BCUT2D eigenvalue weighted by Gasteiger charge is 2.13. The van der Waals surface area contributed by atoms with Crippen molar-refractivity contribution in [3.63, 3.8) is 0 Å². The fourth-order valence-electron chi connectivity index (χ4n) is 2.35. The van der Waals surface area contributed by atoms with Gasteiger partial charge in [0, 0.05) is 13.2 Å². The maximum Gasteiger partial charge on any atom is 0.157 e. The molecule has 112 valence electrons. The Balaban J connectivity index is 1.76. The van der Waals surface area contributed by atoms with Crippen molar-refractivity contribution >= 4 is 0 Å². The van der Waals surface area contributed by atoms with Crippen molar-refractivity contribution in [1.29, 1.82) is 0 Å². The Morgan fingerprint density at radius 1 is 1.00 bits per heavy atom. The van der Waals surface area contributed by atoms with E-state index in [0.717, 1.165) is 19.6 Å². The molecule has 1 heterocycles. The molecule has 0 amide bonds. The average molecular weight is 268 g/mol. The molecule has 0 radical (unpaired) electrons. The first-order valence-corrected chi connectivity index (χ1v) is 8.31. The van der Waals surface area contributed by atoms with Crippen molar-refractivity contribution in [2.24, 2.45) is 0 Å². The van der Waals surface area contributed by atoms with Gasteiger partial charge in [0.05, 0.1) is 0 Å². The van der Waals surface area contributed by atoms with Gasteiger partial charge in [0.15, 0.2) is 6.29 Å². The summed E-state index contributed by atoms with van der Waals surface area (Å²) in [7, 11) is 0. The zero-order valence-electron chi connectivity index (χ0n) is 12.7. The number of unbranched alkanes of at least 4 members (excludes halogenated alkanes) is 6. The fourth-order valence-corrected chi connectivity index (χ4v) is 2.35. The second-order valence-electron chi connectivity index (χ2n) is 5.48. The van der Waals surface area contributed by atoms with Gasteiger partial charge in [-0.05, 0) is 44.9 Å². The van der Waals surface area contributed by atoms with Gasteiger partial charge < -0.3 is 9.47 Å². The molecule has 0 aromatic carbocycles. The third-order valence-electron chi connectivity index (χ3n) is 3.58. The minimum absolute atomic E-state index is 0.0949. The van der Waals surface area contributed by atoms with E-state index >= 15 is 0 Å². The quantitative estimate of drug-likeness (QED) is 0.377. The van der Waals surface area contributed by atoms with Crippen LogP contribution >= 0.6 is 0 Å². The third kappa shape index (κ3) is 10.1. The minimum atomic E-state index is 0.0949. The van der Waals surface area contributed by atoms with Crippen molar-refractivity contribution in [3.05, 3.63) is 12.2 Å². The molecule has 0 bridgehead atoms. The van der Waals surface area contributed by atoms with Crippen molar-refractivity contribution in [1.82, 2.24) is 0 Å². The van der Waals surface area contributed by atoms with E-state index in [0.29, 0.717) is 0 Å². The lowest BCUT2D eigenvalue weighted by Gasteiger charge is -2.22. The Morgan fingerprint density at radius 2 is 1.79 bits per heavy atom. The summed E-state index contributed by atoms with van der Waals surface area (Å²) in [4.78, 5) is 0. The minimum Gasteiger partial charge on any atom is -0.353 e. The monoisotopic (exact) mass is 268 g/mol. The molecule has 1 rings (SSSR count). The van der Waals surface area contributed by atoms with Crippen molar-refractivity contribution in [2.45, 2.75) is 83.8 Å². The zero-order valence-corrected chi connectivity index (χ0v) is 12.7. The Hall–Kier alpha value is -0.340. The molecule has 19 heavy (non-hydrogen) atoms. The normalized spacial score (nSPS) is 20.2. The highest BCUT2D eigenvalue weighted by Crippen LogP contribution is 2.14. The van der Waals surface area contributed by atoms with E-state index in [1.54, 1.807) is 0 Å². The summed E-state index contributed by atoms with van der Waals surface area (Å²) in [6.45, 7) is 3.99. The number of ether oxygens (including phenoxy) is 2. The maximum absolute atomic E-state index is 5.72. The van der Waals surface area contributed by atoms with Crippen molar-refractivity contribution in [2.75, 3.05) is 13.2 Å². The lowest BCUT2D eigenvalue weighted by Crippen LogP contribution is -2.22. The van der Waals surface area contributed by atoms with Crippen molar-refractivity contribution in [3.8, 4) is 0 Å². The van der Waals surface area contributed by atoms with Gasteiger partial charge in [-0.2, -0.15) is 0 Å². The summed E-state index contributed by atoms with van der Waals surface area (Å²) in [6, 6.07) is 0. The molecule has 1 aliphatic heterocycles. The number of hydrogen-bond donors (Lipinski definition) is 0. The molecule has 0 spiro atoms. The first-order valence-electron chi connectivity index (χ1n) is 8.31. The number of allylic oxidation sites excluding steroid dienone is 2. The topological polar surface area (TPSA) is 18.5 Å². The van der Waals surface area contributed by atoms with Gasteiger partial charge in [-0.15, -0.1) is 0 Å². The SMILES string of the molecule is CCC/C=C\CCCCCCCOC1CCCCO1. The molecule has 2 heteroatoms. The molecule has 0 aromatic heterocycles. The Bertz CT molecular complexity index is 207. The maximum atomic E-state index is 5.72. The lowest BCUT2D eigenvalue weighted by atomic mass is 10.1. The Kier molecular flexibility index (Phi) is 11.2. The molecular weight excluding hydrogens is 236 g/mol. The van der Waals surface area contributed by atoms with Crippen LogP contribution in [0.15, 0.2) is 12.2 Å². The molecule has 1 unspecified atom stereocenters. The van der Waals surface area contributed by atoms with E-state index in [-0.39, 0.29) is 6.29 Å². The van der Waals surface area contributed by atoms with Crippen LogP contribution in [0.3, 0.4) is 0 Å². The van der Waals surface area contributed by atoms with Crippen LogP contribution in [0.4, 0.5) is 0 Å². The van der Waals surface area contributed by atoms with E-state index in [9.17, 15) is 0 Å². The van der Waals surface area contributed by atoms with E-state index < -0.39 is 0 Å². The summed E-state index contributed by atoms with van der Waals surface area (Å²) in [5.74, 6) is 0. The summed E-state index contributed by atoms with van der Waals surface area (Å²) >= 11 is 0. The molecule has 0 aliphatic carbocycles. The molecule has 0 aromatic rings. The highest BCUT2D eigenvalue weighted by molar-refractivity contribution is 4.80. The first-order chi connectivity index (χ1) is 9.43. The van der Waals surface area contributed by atoms with Crippen LogP contribution in [-0.2, 0) is 9.47 Å². The molecule has 2 nitrogen and oxygen atoms in total. The van der Waals surface area contributed by atoms with Crippen LogP contribution in [0.2, 0.25) is 0 Å². The van der Waals surface area contributed by atoms with Gasteiger partial charge >= 0.3 is 0 Å². The predicted octanol–water partition coefficient (Wildman–Crippen LogP) is 5.23. The summed E-state index contributed by atoms with van der Waals surface area (Å²) in [6.07, 6.45) is 18.6. The van der Waals surface area contributed by atoms with Crippen LogP contribution in [-0.4, -0.2) is 19.5 Å². The highest BCUT2D eigenvalue weighted by atomic mass is 16.7. The smallest absolute Gasteiger partial charge is 0.157 e. The van der Waals surface area contributed by atoms with Gasteiger partial charge in [0.2, 0.25) is 0 Å². The van der Waals surface area contributed by atoms with E-state index in [1.165, 1.54) is 64.2 Å². The standard InChI is InChI=1S/C17H32O2/c1-2-3-4-5-6-7-8-9-10-12-15-18-17-14-11-13-16-19-17/h4-5,17H,2-3,6-16H2,1H3/b5-4-. The molecule has 0 saturated carbocycles.